The standard InChI is InChI=1S/C16H14N4O6S2/c17-9-1-5-15(16(7-9)28(24,25)26)20-19-14-6-4-13(18)11-3-2-10(8-12(11)14)27(21,22)23/h1-8H,17-18H2,(H,21,22,23)(H,24,25,26). The molecule has 3 aromatic rings. The van der Waals surface area contributed by atoms with E-state index in [4.69, 9.17) is 11.5 Å². The highest BCUT2D eigenvalue weighted by atomic mass is 32.2. The Morgan fingerprint density at radius 1 is 0.714 bits per heavy atom. The van der Waals surface area contributed by atoms with Gasteiger partial charge in [0, 0.05) is 22.1 Å². The van der Waals surface area contributed by atoms with Gasteiger partial charge >= 0.3 is 0 Å². The summed E-state index contributed by atoms with van der Waals surface area (Å²) in [4.78, 5) is -0.900. The fourth-order valence-electron chi connectivity index (χ4n) is 2.51. The molecule has 3 aromatic carbocycles. The fraction of sp³-hybridized carbons (Fsp3) is 0. The molecule has 146 valence electrons. The Hall–Kier alpha value is -3.06. The molecular weight excluding hydrogens is 408 g/mol. The molecule has 0 aromatic heterocycles. The number of hydrogen-bond donors (Lipinski definition) is 4. The first-order chi connectivity index (χ1) is 13.0. The first-order valence-electron chi connectivity index (χ1n) is 7.55. The Morgan fingerprint density at radius 3 is 2.00 bits per heavy atom. The zero-order chi connectivity index (χ0) is 20.7. The van der Waals surface area contributed by atoms with E-state index in [1.807, 2.05) is 0 Å². The summed E-state index contributed by atoms with van der Waals surface area (Å²) in [6, 6.07) is 10.4. The van der Waals surface area contributed by atoms with Gasteiger partial charge in [0.2, 0.25) is 0 Å². The van der Waals surface area contributed by atoms with E-state index in [1.54, 1.807) is 0 Å². The fourth-order valence-corrected chi connectivity index (χ4v) is 3.68. The lowest BCUT2D eigenvalue weighted by Gasteiger charge is -2.07. The molecule has 0 heterocycles. The Labute approximate surface area is 160 Å². The molecule has 0 amide bonds. The van der Waals surface area contributed by atoms with Gasteiger partial charge in [-0.1, -0.05) is 6.07 Å². The van der Waals surface area contributed by atoms with Crippen LogP contribution in [0, 0.1) is 0 Å². The average molecular weight is 422 g/mol. The van der Waals surface area contributed by atoms with Gasteiger partial charge in [0.1, 0.15) is 10.6 Å². The lowest BCUT2D eigenvalue weighted by Crippen LogP contribution is -1.99. The second-order valence-corrected chi connectivity index (χ2v) is 8.57. The van der Waals surface area contributed by atoms with E-state index in [-0.39, 0.29) is 27.3 Å². The quantitative estimate of drug-likeness (QED) is 0.281. The second kappa shape index (κ2) is 6.83. The van der Waals surface area contributed by atoms with Crippen molar-refractivity contribution in [2.45, 2.75) is 9.79 Å². The topological polar surface area (TPSA) is 185 Å². The highest BCUT2D eigenvalue weighted by Crippen LogP contribution is 2.34. The molecule has 6 N–H and O–H groups in total. The van der Waals surface area contributed by atoms with Crippen LogP contribution in [-0.2, 0) is 20.2 Å². The molecular formula is C16H14N4O6S2. The molecule has 12 heteroatoms. The lowest BCUT2D eigenvalue weighted by molar-refractivity contribution is 0.481. The summed E-state index contributed by atoms with van der Waals surface area (Å²) in [5.41, 5.74) is 11.8. The summed E-state index contributed by atoms with van der Waals surface area (Å²) in [6.45, 7) is 0. The predicted molar refractivity (Wildman–Crippen MR) is 103 cm³/mol. The monoisotopic (exact) mass is 422 g/mol. The minimum atomic E-state index is -4.60. The van der Waals surface area contributed by atoms with Crippen molar-refractivity contribution in [1.29, 1.82) is 0 Å². The van der Waals surface area contributed by atoms with Crippen LogP contribution in [0.15, 0.2) is 68.6 Å². The van der Waals surface area contributed by atoms with Crippen molar-refractivity contribution >= 4 is 53.8 Å². The van der Waals surface area contributed by atoms with Crippen molar-refractivity contribution in [3.8, 4) is 0 Å². The van der Waals surface area contributed by atoms with E-state index < -0.39 is 25.1 Å². The summed E-state index contributed by atoms with van der Waals surface area (Å²) in [7, 11) is -9.06. The summed E-state index contributed by atoms with van der Waals surface area (Å²) in [5, 5.41) is 8.50. The normalized spacial score (nSPS) is 12.6. The van der Waals surface area contributed by atoms with E-state index in [9.17, 15) is 25.9 Å². The Bertz CT molecular complexity index is 1330. The van der Waals surface area contributed by atoms with Gasteiger partial charge in [-0.05, 0) is 42.5 Å². The highest BCUT2D eigenvalue weighted by Gasteiger charge is 2.17. The van der Waals surface area contributed by atoms with Crippen molar-refractivity contribution in [3.05, 3.63) is 48.5 Å². The molecule has 0 radical (unpaired) electrons. The SMILES string of the molecule is Nc1ccc(N=Nc2ccc(N)c3ccc(S(=O)(=O)O)cc23)c(S(=O)(=O)O)c1. The van der Waals surface area contributed by atoms with Crippen molar-refractivity contribution < 1.29 is 25.9 Å². The van der Waals surface area contributed by atoms with Crippen molar-refractivity contribution in [2.24, 2.45) is 10.2 Å². The molecule has 0 aliphatic carbocycles. The minimum absolute atomic E-state index is 0.0994. The average Bonchev–Trinajstić information content (AvgIpc) is 2.60. The number of nitrogens with zero attached hydrogens (tertiary/aromatic N) is 2. The number of nitrogen functional groups attached to an aromatic ring is 2. The Kier molecular flexibility index (Phi) is 4.81. The molecule has 0 aliphatic rings. The summed E-state index contributed by atoms with van der Waals surface area (Å²) >= 11 is 0. The molecule has 0 atom stereocenters. The molecule has 0 saturated heterocycles. The van der Waals surface area contributed by atoms with Crippen LogP contribution in [-0.4, -0.2) is 25.9 Å². The molecule has 3 rings (SSSR count). The summed E-state index contributed by atoms with van der Waals surface area (Å²) in [6.07, 6.45) is 0. The molecule has 0 bridgehead atoms. The number of nitrogens with two attached hydrogens (primary N) is 2. The smallest absolute Gasteiger partial charge is 0.296 e. The van der Waals surface area contributed by atoms with Gasteiger partial charge in [-0.15, -0.1) is 10.2 Å². The van der Waals surface area contributed by atoms with Crippen LogP contribution in [0.4, 0.5) is 22.7 Å². The maximum absolute atomic E-state index is 11.5. The third kappa shape index (κ3) is 3.94. The number of azo groups is 1. The number of rotatable bonds is 4. The van der Waals surface area contributed by atoms with Crippen molar-refractivity contribution in [3.63, 3.8) is 0 Å². The van der Waals surface area contributed by atoms with E-state index in [0.717, 1.165) is 6.07 Å². The zero-order valence-corrected chi connectivity index (χ0v) is 15.6. The van der Waals surface area contributed by atoms with Gasteiger partial charge in [0.15, 0.2) is 0 Å². The van der Waals surface area contributed by atoms with Crippen molar-refractivity contribution in [1.82, 2.24) is 0 Å². The first kappa shape index (κ1) is 19.7. The highest BCUT2D eigenvalue weighted by molar-refractivity contribution is 7.86. The molecule has 0 spiro atoms. The number of benzene rings is 3. The first-order valence-corrected chi connectivity index (χ1v) is 10.4. The maximum atomic E-state index is 11.5. The van der Waals surface area contributed by atoms with E-state index >= 15 is 0 Å². The van der Waals surface area contributed by atoms with Crippen LogP contribution < -0.4 is 11.5 Å². The Morgan fingerprint density at radius 2 is 1.36 bits per heavy atom. The minimum Gasteiger partial charge on any atom is -0.399 e. The largest absolute Gasteiger partial charge is 0.399 e. The molecule has 0 unspecified atom stereocenters. The van der Waals surface area contributed by atoms with Gasteiger partial charge < -0.3 is 11.5 Å². The summed E-state index contributed by atoms with van der Waals surface area (Å²) < 4.78 is 64.4. The Balaban J connectivity index is 2.20. The molecule has 28 heavy (non-hydrogen) atoms. The van der Waals surface area contributed by atoms with Crippen molar-refractivity contribution in [2.75, 3.05) is 11.5 Å². The second-order valence-electron chi connectivity index (χ2n) is 5.76. The van der Waals surface area contributed by atoms with Crippen LogP contribution in [0.1, 0.15) is 0 Å². The molecule has 0 saturated carbocycles. The third-order valence-electron chi connectivity index (χ3n) is 3.82. The van der Waals surface area contributed by atoms with Crippen LogP contribution >= 0.6 is 0 Å². The van der Waals surface area contributed by atoms with E-state index in [1.165, 1.54) is 42.5 Å². The zero-order valence-electron chi connectivity index (χ0n) is 14.0. The molecule has 0 aliphatic heterocycles. The van der Waals surface area contributed by atoms with Crippen LogP contribution in [0.25, 0.3) is 10.8 Å². The lowest BCUT2D eigenvalue weighted by atomic mass is 10.1. The number of fused-ring (bicyclic) bond motifs is 1. The van der Waals surface area contributed by atoms with E-state index in [0.29, 0.717) is 11.1 Å². The predicted octanol–water partition coefficient (Wildman–Crippen LogP) is 2.91. The molecule has 0 fully saturated rings. The van der Waals surface area contributed by atoms with Gasteiger partial charge in [-0.2, -0.15) is 16.8 Å². The summed E-state index contributed by atoms with van der Waals surface area (Å²) in [5.74, 6) is 0. The van der Waals surface area contributed by atoms with Crippen LogP contribution in [0.3, 0.4) is 0 Å². The third-order valence-corrected chi connectivity index (χ3v) is 5.56. The number of hydrogen-bond acceptors (Lipinski definition) is 8. The number of anilines is 2. The van der Waals surface area contributed by atoms with Gasteiger partial charge in [0.05, 0.1) is 10.6 Å². The van der Waals surface area contributed by atoms with Crippen LogP contribution in [0.5, 0.6) is 0 Å². The van der Waals surface area contributed by atoms with Gasteiger partial charge in [0.25, 0.3) is 20.2 Å². The van der Waals surface area contributed by atoms with Gasteiger partial charge in [-0.25, -0.2) is 0 Å². The van der Waals surface area contributed by atoms with E-state index in [2.05, 4.69) is 10.2 Å². The molecule has 10 nitrogen and oxygen atoms in total. The maximum Gasteiger partial charge on any atom is 0.296 e. The van der Waals surface area contributed by atoms with Gasteiger partial charge in [-0.3, -0.25) is 9.11 Å². The van der Waals surface area contributed by atoms with Crippen LogP contribution in [0.2, 0.25) is 0 Å².